The normalized spacial score (nSPS) is 18.7. The quantitative estimate of drug-likeness (QED) is 0.609. The number of carbonyl (C=O) groups is 1. The van der Waals surface area contributed by atoms with Crippen LogP contribution in [0.2, 0.25) is 0 Å². The van der Waals surface area contributed by atoms with Gasteiger partial charge in [-0.05, 0) is 0 Å². The molecular formula is C15H34Cl2N4O3. The lowest BCUT2D eigenvalue weighted by Gasteiger charge is -2.32. The van der Waals surface area contributed by atoms with Crippen molar-refractivity contribution in [3.05, 3.63) is 0 Å². The van der Waals surface area contributed by atoms with Gasteiger partial charge in [-0.2, -0.15) is 0 Å². The third-order valence-corrected chi connectivity index (χ3v) is 3.99. The van der Waals surface area contributed by atoms with Crippen LogP contribution in [0.4, 0.5) is 0 Å². The Morgan fingerprint density at radius 2 is 1.29 bits per heavy atom. The SMILES string of the molecule is COCCN1CCN(C=O)CC1.COCCN1CCNCC1.Cl.Cl. The van der Waals surface area contributed by atoms with E-state index in [-0.39, 0.29) is 24.8 Å². The summed E-state index contributed by atoms with van der Waals surface area (Å²) < 4.78 is 9.96. The van der Waals surface area contributed by atoms with E-state index in [9.17, 15) is 4.79 Å². The summed E-state index contributed by atoms with van der Waals surface area (Å²) in [6, 6.07) is 0. The Kier molecular flexibility index (Phi) is 19.2. The standard InChI is InChI=1S/C8H16N2O2.C7H16N2O.2ClH/c1-12-7-6-9-2-4-10(8-11)5-3-9;1-10-7-6-9-4-2-8-3-5-9;;/h8H,2-7H2,1H3;8H,2-7H2,1H3;2*1H. The smallest absolute Gasteiger partial charge is 0.209 e. The summed E-state index contributed by atoms with van der Waals surface area (Å²) >= 11 is 0. The molecule has 2 aliphatic rings. The number of amides is 1. The third-order valence-electron chi connectivity index (χ3n) is 3.99. The number of carbonyl (C=O) groups excluding carboxylic acids is 1. The summed E-state index contributed by atoms with van der Waals surface area (Å²) in [6.45, 7) is 12.0. The van der Waals surface area contributed by atoms with Crippen LogP contribution in [0.15, 0.2) is 0 Å². The van der Waals surface area contributed by atoms with E-state index in [1.807, 2.05) is 4.90 Å². The molecule has 0 aromatic heterocycles. The molecule has 146 valence electrons. The molecule has 7 nitrogen and oxygen atoms in total. The molecule has 2 aliphatic heterocycles. The first-order chi connectivity index (χ1) is 10.8. The summed E-state index contributed by atoms with van der Waals surface area (Å²) in [5.74, 6) is 0. The second-order valence-corrected chi connectivity index (χ2v) is 5.56. The van der Waals surface area contributed by atoms with E-state index in [4.69, 9.17) is 9.47 Å². The number of halogens is 2. The van der Waals surface area contributed by atoms with E-state index in [1.54, 1.807) is 14.2 Å². The molecule has 9 heteroatoms. The van der Waals surface area contributed by atoms with Crippen molar-refractivity contribution in [1.29, 1.82) is 0 Å². The summed E-state index contributed by atoms with van der Waals surface area (Å²) in [4.78, 5) is 16.9. The van der Waals surface area contributed by atoms with Crippen LogP contribution < -0.4 is 5.32 Å². The maximum atomic E-state index is 10.4. The zero-order valence-corrected chi connectivity index (χ0v) is 16.6. The predicted molar refractivity (Wildman–Crippen MR) is 102 cm³/mol. The zero-order valence-electron chi connectivity index (χ0n) is 14.9. The second kappa shape index (κ2) is 17.7. The number of hydrogen-bond donors (Lipinski definition) is 1. The molecule has 1 amide bonds. The van der Waals surface area contributed by atoms with Crippen molar-refractivity contribution in [3.8, 4) is 0 Å². The first-order valence-electron chi connectivity index (χ1n) is 8.12. The van der Waals surface area contributed by atoms with E-state index in [0.717, 1.165) is 72.0 Å². The molecule has 0 bridgehead atoms. The maximum Gasteiger partial charge on any atom is 0.209 e. The van der Waals surface area contributed by atoms with Crippen molar-refractivity contribution in [3.63, 3.8) is 0 Å². The number of piperazine rings is 2. The lowest BCUT2D eigenvalue weighted by molar-refractivity contribution is -0.119. The Morgan fingerprint density at radius 1 is 0.833 bits per heavy atom. The average molecular weight is 389 g/mol. The number of methoxy groups -OCH3 is 2. The summed E-state index contributed by atoms with van der Waals surface area (Å²) in [6.07, 6.45) is 0.924. The van der Waals surface area contributed by atoms with Crippen LogP contribution in [0.1, 0.15) is 0 Å². The predicted octanol–water partition coefficient (Wildman–Crippen LogP) is -0.212. The molecule has 0 atom stereocenters. The van der Waals surface area contributed by atoms with Crippen LogP contribution >= 0.6 is 24.8 Å². The molecule has 2 saturated heterocycles. The van der Waals surface area contributed by atoms with E-state index in [0.29, 0.717) is 0 Å². The molecule has 2 fully saturated rings. The minimum absolute atomic E-state index is 0. The van der Waals surface area contributed by atoms with Gasteiger partial charge in [0.1, 0.15) is 0 Å². The van der Waals surface area contributed by atoms with Gasteiger partial charge in [-0.25, -0.2) is 0 Å². The lowest BCUT2D eigenvalue weighted by Crippen LogP contribution is -2.46. The van der Waals surface area contributed by atoms with Gasteiger partial charge in [0.15, 0.2) is 0 Å². The minimum atomic E-state index is 0. The fourth-order valence-corrected chi connectivity index (χ4v) is 2.47. The van der Waals surface area contributed by atoms with E-state index < -0.39 is 0 Å². The summed E-state index contributed by atoms with van der Waals surface area (Å²) in [5.41, 5.74) is 0. The van der Waals surface area contributed by atoms with Crippen molar-refractivity contribution in [2.24, 2.45) is 0 Å². The Balaban J connectivity index is 0. The van der Waals surface area contributed by atoms with E-state index >= 15 is 0 Å². The summed E-state index contributed by atoms with van der Waals surface area (Å²) in [7, 11) is 3.46. The Bertz CT molecular complexity index is 277. The number of ether oxygens (including phenoxy) is 2. The molecule has 2 heterocycles. The highest BCUT2D eigenvalue weighted by atomic mass is 35.5. The topological polar surface area (TPSA) is 57.3 Å². The van der Waals surface area contributed by atoms with Crippen LogP contribution in [0, 0.1) is 0 Å². The van der Waals surface area contributed by atoms with Gasteiger partial charge in [0.25, 0.3) is 0 Å². The zero-order chi connectivity index (χ0) is 16.0. The molecule has 0 aliphatic carbocycles. The fourth-order valence-electron chi connectivity index (χ4n) is 2.47. The molecule has 24 heavy (non-hydrogen) atoms. The third kappa shape index (κ3) is 12.2. The maximum absolute atomic E-state index is 10.4. The van der Waals surface area contributed by atoms with Crippen molar-refractivity contribution < 1.29 is 14.3 Å². The Hall–Kier alpha value is -0.150. The largest absolute Gasteiger partial charge is 0.383 e. The van der Waals surface area contributed by atoms with Crippen molar-refractivity contribution in [2.45, 2.75) is 0 Å². The van der Waals surface area contributed by atoms with Gasteiger partial charge in [-0.3, -0.25) is 14.6 Å². The van der Waals surface area contributed by atoms with Gasteiger partial charge in [0.2, 0.25) is 6.41 Å². The number of rotatable bonds is 7. The molecule has 0 radical (unpaired) electrons. The number of hydrogen-bond acceptors (Lipinski definition) is 6. The highest BCUT2D eigenvalue weighted by Crippen LogP contribution is 1.98. The first-order valence-corrected chi connectivity index (χ1v) is 8.12. The Labute approximate surface area is 158 Å². The van der Waals surface area contributed by atoms with Crippen LogP contribution in [-0.2, 0) is 14.3 Å². The Morgan fingerprint density at radius 3 is 1.71 bits per heavy atom. The highest BCUT2D eigenvalue weighted by Gasteiger charge is 2.14. The minimum Gasteiger partial charge on any atom is -0.383 e. The monoisotopic (exact) mass is 388 g/mol. The highest BCUT2D eigenvalue weighted by molar-refractivity contribution is 5.85. The van der Waals surface area contributed by atoms with Gasteiger partial charge >= 0.3 is 0 Å². The first kappa shape index (κ1) is 26.1. The molecule has 2 rings (SSSR count). The molecule has 1 N–H and O–H groups in total. The van der Waals surface area contributed by atoms with Crippen molar-refractivity contribution in [2.75, 3.05) is 92.9 Å². The van der Waals surface area contributed by atoms with Gasteiger partial charge in [0.05, 0.1) is 13.2 Å². The van der Waals surface area contributed by atoms with Gasteiger partial charge in [-0.15, -0.1) is 24.8 Å². The van der Waals surface area contributed by atoms with Crippen molar-refractivity contribution >= 4 is 31.2 Å². The van der Waals surface area contributed by atoms with Crippen LogP contribution in [-0.4, -0.2) is 114 Å². The van der Waals surface area contributed by atoms with Crippen molar-refractivity contribution in [1.82, 2.24) is 20.0 Å². The number of nitrogens with zero attached hydrogens (tertiary/aromatic N) is 3. The van der Waals surface area contributed by atoms with Crippen LogP contribution in [0.25, 0.3) is 0 Å². The second-order valence-electron chi connectivity index (χ2n) is 5.56. The van der Waals surface area contributed by atoms with Crippen LogP contribution in [0.5, 0.6) is 0 Å². The van der Waals surface area contributed by atoms with Gasteiger partial charge < -0.3 is 19.7 Å². The molecule has 0 spiro atoms. The van der Waals surface area contributed by atoms with E-state index in [2.05, 4.69) is 15.1 Å². The fraction of sp³-hybridized carbons (Fsp3) is 0.933. The average Bonchev–Trinajstić information content (AvgIpc) is 2.60. The lowest BCUT2D eigenvalue weighted by atomic mass is 10.3. The van der Waals surface area contributed by atoms with E-state index in [1.165, 1.54) is 13.1 Å². The molecule has 0 aromatic rings. The van der Waals surface area contributed by atoms with Gasteiger partial charge in [-0.1, -0.05) is 0 Å². The molecule has 0 aromatic carbocycles. The summed E-state index contributed by atoms with van der Waals surface area (Å²) in [5, 5.41) is 3.31. The van der Waals surface area contributed by atoms with Crippen LogP contribution in [0.3, 0.4) is 0 Å². The number of nitrogens with one attached hydrogen (secondary N) is 1. The molecular weight excluding hydrogens is 355 g/mol. The molecule has 0 unspecified atom stereocenters. The van der Waals surface area contributed by atoms with Gasteiger partial charge in [0, 0.05) is 79.7 Å². The molecule has 0 saturated carbocycles.